The van der Waals surface area contributed by atoms with E-state index < -0.39 is 17.9 Å². The van der Waals surface area contributed by atoms with Gasteiger partial charge in [-0.3, -0.25) is 4.79 Å². The number of halogens is 2. The number of nitrogens with one attached hydrogen (secondary N) is 1. The number of rotatable bonds is 5. The van der Waals surface area contributed by atoms with E-state index in [4.69, 9.17) is 28.3 Å². The molecule has 1 amide bonds. The maximum Gasteiger partial charge on any atom is 0.326 e. The third-order valence-corrected chi connectivity index (χ3v) is 3.33. The van der Waals surface area contributed by atoms with Gasteiger partial charge in [-0.2, -0.15) is 0 Å². The van der Waals surface area contributed by atoms with Gasteiger partial charge in [0, 0.05) is 0 Å². The standard InChI is InChI=1S/C13H15Cl2NO3/c1-7(2)6-10(13(18)19)16-12(17)8-4-3-5-9(14)11(8)15/h3-5,7,10H,6H2,1-2H3,(H,16,17)(H,18,19)/t10-/m0/s1. The Bertz CT molecular complexity index is 489. The number of aliphatic carboxylic acids is 1. The molecule has 0 aliphatic rings. The van der Waals surface area contributed by atoms with E-state index in [9.17, 15) is 9.59 Å². The number of carbonyl (C=O) groups is 2. The van der Waals surface area contributed by atoms with Crippen molar-refractivity contribution < 1.29 is 14.7 Å². The van der Waals surface area contributed by atoms with E-state index in [1.54, 1.807) is 12.1 Å². The molecule has 19 heavy (non-hydrogen) atoms. The summed E-state index contributed by atoms with van der Waals surface area (Å²) in [5.41, 5.74) is 0.171. The first-order valence-electron chi connectivity index (χ1n) is 5.80. The van der Waals surface area contributed by atoms with Crippen molar-refractivity contribution in [1.29, 1.82) is 0 Å². The molecule has 0 bridgehead atoms. The number of carbonyl (C=O) groups excluding carboxylic acids is 1. The highest BCUT2D eigenvalue weighted by Gasteiger charge is 2.23. The number of hydrogen-bond acceptors (Lipinski definition) is 2. The zero-order valence-electron chi connectivity index (χ0n) is 10.6. The lowest BCUT2D eigenvalue weighted by Gasteiger charge is -2.17. The van der Waals surface area contributed by atoms with Crippen molar-refractivity contribution >= 4 is 35.1 Å². The lowest BCUT2D eigenvalue weighted by Crippen LogP contribution is -2.41. The second kappa shape index (κ2) is 6.78. The van der Waals surface area contributed by atoms with Gasteiger partial charge in [0.15, 0.2) is 0 Å². The largest absolute Gasteiger partial charge is 0.480 e. The van der Waals surface area contributed by atoms with E-state index in [0.29, 0.717) is 6.42 Å². The lowest BCUT2D eigenvalue weighted by molar-refractivity contribution is -0.139. The highest BCUT2D eigenvalue weighted by atomic mass is 35.5. The van der Waals surface area contributed by atoms with Gasteiger partial charge < -0.3 is 10.4 Å². The maximum atomic E-state index is 12.0. The van der Waals surface area contributed by atoms with E-state index in [1.807, 2.05) is 13.8 Å². The Labute approximate surface area is 121 Å². The summed E-state index contributed by atoms with van der Waals surface area (Å²) in [7, 11) is 0. The van der Waals surface area contributed by atoms with Crippen molar-refractivity contribution in [2.45, 2.75) is 26.3 Å². The van der Waals surface area contributed by atoms with Crippen LogP contribution in [0.3, 0.4) is 0 Å². The number of amides is 1. The average Bonchev–Trinajstić information content (AvgIpc) is 2.31. The Kier molecular flexibility index (Phi) is 5.63. The van der Waals surface area contributed by atoms with E-state index in [-0.39, 0.29) is 21.5 Å². The first kappa shape index (κ1) is 15.8. The van der Waals surface area contributed by atoms with Crippen LogP contribution in [0.15, 0.2) is 18.2 Å². The molecule has 1 rings (SSSR count). The van der Waals surface area contributed by atoms with Crippen LogP contribution < -0.4 is 5.32 Å². The molecule has 0 saturated carbocycles. The van der Waals surface area contributed by atoms with Gasteiger partial charge in [0.1, 0.15) is 6.04 Å². The van der Waals surface area contributed by atoms with Gasteiger partial charge in [-0.05, 0) is 24.5 Å². The van der Waals surface area contributed by atoms with Crippen LogP contribution in [0.5, 0.6) is 0 Å². The third-order valence-electron chi connectivity index (χ3n) is 2.51. The average molecular weight is 304 g/mol. The van der Waals surface area contributed by atoms with Crippen molar-refractivity contribution in [3.8, 4) is 0 Å². The zero-order chi connectivity index (χ0) is 14.6. The fourth-order valence-electron chi connectivity index (χ4n) is 1.61. The van der Waals surface area contributed by atoms with Gasteiger partial charge in [-0.25, -0.2) is 4.79 Å². The summed E-state index contributed by atoms with van der Waals surface area (Å²) in [6, 6.07) is 3.70. The van der Waals surface area contributed by atoms with E-state index in [2.05, 4.69) is 5.32 Å². The van der Waals surface area contributed by atoms with Crippen LogP contribution in [0.25, 0.3) is 0 Å². The highest BCUT2D eigenvalue weighted by Crippen LogP contribution is 2.25. The fourth-order valence-corrected chi connectivity index (χ4v) is 1.99. The summed E-state index contributed by atoms with van der Waals surface area (Å²) in [6.07, 6.45) is 0.346. The predicted molar refractivity (Wildman–Crippen MR) is 74.8 cm³/mol. The summed E-state index contributed by atoms with van der Waals surface area (Å²) in [5.74, 6) is -1.46. The first-order chi connectivity index (χ1) is 8.82. The van der Waals surface area contributed by atoms with Crippen LogP contribution in [0.1, 0.15) is 30.6 Å². The molecule has 4 nitrogen and oxygen atoms in total. The van der Waals surface area contributed by atoms with Crippen molar-refractivity contribution in [3.63, 3.8) is 0 Å². The zero-order valence-corrected chi connectivity index (χ0v) is 12.1. The van der Waals surface area contributed by atoms with E-state index in [1.165, 1.54) is 6.07 Å². The van der Waals surface area contributed by atoms with E-state index >= 15 is 0 Å². The SMILES string of the molecule is CC(C)C[C@H](NC(=O)c1cccc(Cl)c1Cl)C(=O)O. The van der Waals surface area contributed by atoms with Gasteiger partial charge in [-0.15, -0.1) is 0 Å². The van der Waals surface area contributed by atoms with Crippen LogP contribution in [0.2, 0.25) is 10.0 Å². The minimum Gasteiger partial charge on any atom is -0.480 e. The monoisotopic (exact) mass is 303 g/mol. The quantitative estimate of drug-likeness (QED) is 0.877. The predicted octanol–water partition coefficient (Wildman–Crippen LogP) is 3.22. The molecule has 1 aromatic carbocycles. The fraction of sp³-hybridized carbons (Fsp3) is 0.385. The van der Waals surface area contributed by atoms with Gasteiger partial charge >= 0.3 is 5.97 Å². The van der Waals surface area contributed by atoms with Crippen molar-refractivity contribution in [3.05, 3.63) is 33.8 Å². The summed E-state index contributed by atoms with van der Waals surface area (Å²) >= 11 is 11.7. The Hall–Kier alpha value is -1.26. The highest BCUT2D eigenvalue weighted by molar-refractivity contribution is 6.43. The molecule has 0 aliphatic heterocycles. The van der Waals surface area contributed by atoms with Crippen LogP contribution in [0.4, 0.5) is 0 Å². The van der Waals surface area contributed by atoms with Crippen LogP contribution >= 0.6 is 23.2 Å². The molecule has 6 heteroatoms. The molecular weight excluding hydrogens is 289 g/mol. The molecule has 1 atom stereocenters. The molecule has 104 valence electrons. The molecule has 2 N–H and O–H groups in total. The number of benzene rings is 1. The van der Waals surface area contributed by atoms with Crippen LogP contribution in [0, 0.1) is 5.92 Å². The Balaban J connectivity index is 2.88. The molecule has 0 heterocycles. The van der Waals surface area contributed by atoms with E-state index in [0.717, 1.165) is 0 Å². The van der Waals surface area contributed by atoms with Crippen molar-refractivity contribution in [1.82, 2.24) is 5.32 Å². The van der Waals surface area contributed by atoms with Crippen LogP contribution in [-0.4, -0.2) is 23.0 Å². The van der Waals surface area contributed by atoms with Gasteiger partial charge in [-0.1, -0.05) is 43.1 Å². The number of hydrogen-bond donors (Lipinski definition) is 2. The molecular formula is C13H15Cl2NO3. The summed E-state index contributed by atoms with van der Waals surface area (Å²) < 4.78 is 0. The van der Waals surface area contributed by atoms with Crippen LogP contribution in [-0.2, 0) is 4.79 Å². The molecule has 0 unspecified atom stereocenters. The molecule has 0 spiro atoms. The minimum atomic E-state index is -1.07. The third kappa shape index (κ3) is 4.40. The van der Waals surface area contributed by atoms with Gasteiger partial charge in [0.2, 0.25) is 0 Å². The summed E-state index contributed by atoms with van der Waals surface area (Å²) in [4.78, 5) is 23.1. The molecule has 1 aromatic rings. The Morgan fingerprint density at radius 2 is 1.95 bits per heavy atom. The Morgan fingerprint density at radius 3 is 2.47 bits per heavy atom. The summed E-state index contributed by atoms with van der Waals surface area (Å²) in [5, 5.41) is 11.9. The normalized spacial score (nSPS) is 12.3. The molecule has 0 aliphatic carbocycles. The topological polar surface area (TPSA) is 66.4 Å². The number of carboxylic acid groups (broad SMARTS) is 1. The number of carboxylic acids is 1. The molecule has 0 aromatic heterocycles. The summed E-state index contributed by atoms with van der Waals surface area (Å²) in [6.45, 7) is 3.77. The minimum absolute atomic E-state index is 0.121. The maximum absolute atomic E-state index is 12.0. The van der Waals surface area contributed by atoms with Crippen molar-refractivity contribution in [2.24, 2.45) is 5.92 Å². The Morgan fingerprint density at radius 1 is 1.32 bits per heavy atom. The second-order valence-electron chi connectivity index (χ2n) is 4.60. The lowest BCUT2D eigenvalue weighted by atomic mass is 10.0. The first-order valence-corrected chi connectivity index (χ1v) is 6.56. The van der Waals surface area contributed by atoms with Crippen molar-refractivity contribution in [2.75, 3.05) is 0 Å². The second-order valence-corrected chi connectivity index (χ2v) is 5.38. The van der Waals surface area contributed by atoms with Gasteiger partial charge in [0.25, 0.3) is 5.91 Å². The van der Waals surface area contributed by atoms with Gasteiger partial charge in [0.05, 0.1) is 15.6 Å². The molecule has 0 radical (unpaired) electrons. The molecule has 0 fully saturated rings. The smallest absolute Gasteiger partial charge is 0.326 e. The molecule has 0 saturated heterocycles.